The zero-order valence-electron chi connectivity index (χ0n) is 12.0. The lowest BCUT2D eigenvalue weighted by Gasteiger charge is -2.34. The Morgan fingerprint density at radius 1 is 1.53 bits per heavy atom. The highest BCUT2D eigenvalue weighted by atomic mass is 32.1. The number of nitrogens with zero attached hydrogens (tertiary/aromatic N) is 1. The van der Waals surface area contributed by atoms with Crippen LogP contribution in [0.1, 0.15) is 37.3 Å². The quantitative estimate of drug-likeness (QED) is 0.861. The number of carbonyl (C=O) groups excluding carboxylic acids is 1. The molecule has 1 amide bonds. The minimum Gasteiger partial charge on any atom is -0.444 e. The number of nitrogens with one attached hydrogen (secondary N) is 1. The van der Waals surface area contributed by atoms with Crippen molar-refractivity contribution in [3.63, 3.8) is 0 Å². The summed E-state index contributed by atoms with van der Waals surface area (Å²) in [6.07, 6.45) is -0.215. The van der Waals surface area contributed by atoms with E-state index >= 15 is 0 Å². The predicted molar refractivity (Wildman–Crippen MR) is 77.6 cm³/mol. The summed E-state index contributed by atoms with van der Waals surface area (Å²) in [7, 11) is 0. The molecule has 2 heterocycles. The molecule has 0 bridgehead atoms. The van der Waals surface area contributed by atoms with Crippen molar-refractivity contribution in [2.45, 2.75) is 39.3 Å². The van der Waals surface area contributed by atoms with E-state index in [1.807, 2.05) is 20.8 Å². The van der Waals surface area contributed by atoms with E-state index in [-0.39, 0.29) is 12.1 Å². The number of ether oxygens (including phenoxy) is 1. The monoisotopic (exact) mass is 282 g/mol. The van der Waals surface area contributed by atoms with E-state index < -0.39 is 5.60 Å². The minimum atomic E-state index is -0.434. The number of thiophene rings is 1. The van der Waals surface area contributed by atoms with Crippen LogP contribution in [0.2, 0.25) is 0 Å². The number of hydrogen-bond donors (Lipinski definition) is 1. The van der Waals surface area contributed by atoms with E-state index in [0.717, 1.165) is 6.54 Å². The summed E-state index contributed by atoms with van der Waals surface area (Å²) in [5.74, 6) is 0. The normalized spacial score (nSPS) is 20.4. The van der Waals surface area contributed by atoms with Crippen molar-refractivity contribution in [2.75, 3.05) is 19.6 Å². The average molecular weight is 282 g/mol. The number of aryl methyl sites for hydroxylation is 1. The number of carbonyl (C=O) groups is 1. The Morgan fingerprint density at radius 3 is 2.84 bits per heavy atom. The topological polar surface area (TPSA) is 41.6 Å². The Balaban J connectivity index is 1.99. The van der Waals surface area contributed by atoms with Gasteiger partial charge < -0.3 is 15.0 Å². The lowest BCUT2D eigenvalue weighted by molar-refractivity contribution is 0.0196. The van der Waals surface area contributed by atoms with Crippen LogP contribution in [0.3, 0.4) is 0 Å². The van der Waals surface area contributed by atoms with Crippen LogP contribution >= 0.6 is 11.3 Å². The van der Waals surface area contributed by atoms with Crippen molar-refractivity contribution < 1.29 is 9.53 Å². The van der Waals surface area contributed by atoms with E-state index in [2.05, 4.69) is 23.7 Å². The summed E-state index contributed by atoms with van der Waals surface area (Å²) >= 11 is 1.74. The van der Waals surface area contributed by atoms with Crippen LogP contribution in [0.5, 0.6) is 0 Å². The first kappa shape index (κ1) is 14.3. The van der Waals surface area contributed by atoms with E-state index in [1.54, 1.807) is 16.2 Å². The maximum atomic E-state index is 12.1. The third kappa shape index (κ3) is 3.94. The van der Waals surface area contributed by atoms with Crippen LogP contribution in [0.15, 0.2) is 11.4 Å². The lowest BCUT2D eigenvalue weighted by Crippen LogP contribution is -2.49. The molecule has 1 atom stereocenters. The second-order valence-corrected chi connectivity index (χ2v) is 6.90. The van der Waals surface area contributed by atoms with Crippen LogP contribution in [0.4, 0.5) is 4.79 Å². The van der Waals surface area contributed by atoms with Crippen molar-refractivity contribution >= 4 is 17.4 Å². The summed E-state index contributed by atoms with van der Waals surface area (Å²) in [5.41, 5.74) is 0.841. The molecule has 0 aliphatic carbocycles. The van der Waals surface area contributed by atoms with Gasteiger partial charge in [-0.25, -0.2) is 4.79 Å². The fraction of sp³-hybridized carbons (Fsp3) is 0.643. The van der Waals surface area contributed by atoms with Gasteiger partial charge in [-0.3, -0.25) is 0 Å². The standard InChI is InChI=1S/C14H22N2O2S/c1-10-7-12(19-9-10)11-8-16(6-5-15-11)13(17)18-14(2,3)4/h7,9,11,15H,5-6,8H2,1-4H3. The SMILES string of the molecule is Cc1csc(C2CN(C(=O)OC(C)(C)C)CCN2)c1. The van der Waals surface area contributed by atoms with Crippen molar-refractivity contribution in [1.29, 1.82) is 0 Å². The molecule has 1 unspecified atom stereocenters. The van der Waals surface area contributed by atoms with Gasteiger partial charge in [-0.15, -0.1) is 11.3 Å². The predicted octanol–water partition coefficient (Wildman–Crippen LogP) is 2.94. The molecule has 1 N–H and O–H groups in total. The molecule has 0 radical (unpaired) electrons. The van der Waals surface area contributed by atoms with Gasteiger partial charge in [-0.2, -0.15) is 0 Å². The van der Waals surface area contributed by atoms with Crippen LogP contribution < -0.4 is 5.32 Å². The van der Waals surface area contributed by atoms with Crippen molar-refractivity contribution in [3.8, 4) is 0 Å². The van der Waals surface area contributed by atoms with E-state index in [0.29, 0.717) is 13.1 Å². The zero-order chi connectivity index (χ0) is 14.0. The molecule has 1 aromatic rings. The second-order valence-electron chi connectivity index (χ2n) is 5.96. The molecule has 4 nitrogen and oxygen atoms in total. The van der Waals surface area contributed by atoms with E-state index in [4.69, 9.17) is 4.74 Å². The second kappa shape index (κ2) is 5.51. The Labute approximate surface area is 118 Å². The molecule has 1 aliphatic rings. The van der Waals surface area contributed by atoms with Crippen molar-refractivity contribution in [3.05, 3.63) is 21.9 Å². The van der Waals surface area contributed by atoms with Crippen molar-refractivity contribution in [1.82, 2.24) is 10.2 Å². The van der Waals surface area contributed by atoms with Gasteiger partial charge >= 0.3 is 6.09 Å². The highest BCUT2D eigenvalue weighted by Crippen LogP contribution is 2.25. The maximum Gasteiger partial charge on any atom is 0.410 e. The van der Waals surface area contributed by atoms with E-state index in [1.165, 1.54) is 10.4 Å². The Kier molecular flexibility index (Phi) is 4.16. The molecule has 1 fully saturated rings. The molecule has 2 rings (SSSR count). The van der Waals surface area contributed by atoms with Gasteiger partial charge in [0.05, 0.1) is 6.04 Å². The summed E-state index contributed by atoms with van der Waals surface area (Å²) in [4.78, 5) is 15.2. The third-order valence-electron chi connectivity index (χ3n) is 2.92. The summed E-state index contributed by atoms with van der Waals surface area (Å²) < 4.78 is 5.43. The molecule has 1 aromatic heterocycles. The molecule has 106 valence electrons. The fourth-order valence-electron chi connectivity index (χ4n) is 2.07. The zero-order valence-corrected chi connectivity index (χ0v) is 12.8. The molecule has 1 aliphatic heterocycles. The van der Waals surface area contributed by atoms with Gasteiger partial charge in [-0.1, -0.05) is 0 Å². The first-order valence-corrected chi connectivity index (χ1v) is 7.49. The molecule has 19 heavy (non-hydrogen) atoms. The molecule has 1 saturated heterocycles. The summed E-state index contributed by atoms with van der Waals surface area (Å²) in [6.45, 7) is 9.97. The van der Waals surface area contributed by atoms with Crippen LogP contribution in [0, 0.1) is 6.92 Å². The first-order chi connectivity index (χ1) is 8.85. The fourth-order valence-corrected chi connectivity index (χ4v) is 3.04. The van der Waals surface area contributed by atoms with Gasteiger partial charge in [0.1, 0.15) is 5.60 Å². The third-order valence-corrected chi connectivity index (χ3v) is 4.09. The lowest BCUT2D eigenvalue weighted by atomic mass is 10.1. The highest BCUT2D eigenvalue weighted by Gasteiger charge is 2.28. The molecular formula is C14H22N2O2S. The van der Waals surface area contributed by atoms with Gasteiger partial charge in [0.2, 0.25) is 0 Å². The Hall–Kier alpha value is -1.07. The Morgan fingerprint density at radius 2 is 2.26 bits per heavy atom. The highest BCUT2D eigenvalue weighted by molar-refractivity contribution is 7.10. The maximum absolute atomic E-state index is 12.1. The molecular weight excluding hydrogens is 260 g/mol. The number of amides is 1. The Bertz CT molecular complexity index is 451. The largest absolute Gasteiger partial charge is 0.444 e. The van der Waals surface area contributed by atoms with Crippen LogP contribution in [0.25, 0.3) is 0 Å². The number of hydrogen-bond acceptors (Lipinski definition) is 4. The molecule has 5 heteroatoms. The minimum absolute atomic E-state index is 0.215. The first-order valence-electron chi connectivity index (χ1n) is 6.61. The molecule has 0 saturated carbocycles. The summed E-state index contributed by atoms with van der Waals surface area (Å²) in [5, 5.41) is 5.60. The van der Waals surface area contributed by atoms with Gasteiger partial charge in [-0.05, 0) is 44.7 Å². The van der Waals surface area contributed by atoms with Crippen LogP contribution in [-0.4, -0.2) is 36.2 Å². The van der Waals surface area contributed by atoms with Gasteiger partial charge in [0, 0.05) is 24.5 Å². The summed E-state index contributed by atoms with van der Waals surface area (Å²) in [6, 6.07) is 2.40. The van der Waals surface area contributed by atoms with Crippen LogP contribution in [-0.2, 0) is 4.74 Å². The van der Waals surface area contributed by atoms with E-state index in [9.17, 15) is 4.79 Å². The number of piperazine rings is 1. The van der Waals surface area contributed by atoms with Gasteiger partial charge in [0.25, 0.3) is 0 Å². The molecule has 0 aromatic carbocycles. The molecule has 0 spiro atoms. The number of rotatable bonds is 1. The average Bonchev–Trinajstić information content (AvgIpc) is 2.74. The smallest absolute Gasteiger partial charge is 0.410 e. The van der Waals surface area contributed by atoms with Gasteiger partial charge in [0.15, 0.2) is 0 Å². The van der Waals surface area contributed by atoms with Crippen molar-refractivity contribution in [2.24, 2.45) is 0 Å².